The second kappa shape index (κ2) is 5.06. The standard InChI is InChI=1S/C15H15N3O3/c1-17-6-2-3-13(17)15(20)18-8-11-5-4-10(14(19)16-21)7-12(11)9-18/h2-7,21H,8-9H2,1H3,(H,16,19). The Balaban J connectivity index is 1.83. The van der Waals surface area contributed by atoms with Crippen LogP contribution in [0, 0.1) is 0 Å². The van der Waals surface area contributed by atoms with Gasteiger partial charge >= 0.3 is 0 Å². The quantitative estimate of drug-likeness (QED) is 0.645. The van der Waals surface area contributed by atoms with E-state index in [2.05, 4.69) is 0 Å². The van der Waals surface area contributed by atoms with E-state index >= 15 is 0 Å². The van der Waals surface area contributed by atoms with Crippen LogP contribution in [0.2, 0.25) is 0 Å². The Kier molecular flexibility index (Phi) is 3.23. The first-order valence-electron chi connectivity index (χ1n) is 6.57. The van der Waals surface area contributed by atoms with Crippen molar-refractivity contribution in [1.29, 1.82) is 0 Å². The van der Waals surface area contributed by atoms with Gasteiger partial charge in [-0.1, -0.05) is 6.07 Å². The summed E-state index contributed by atoms with van der Waals surface area (Å²) in [5.41, 5.74) is 4.58. The van der Waals surface area contributed by atoms with Gasteiger partial charge in [-0.05, 0) is 35.4 Å². The molecule has 2 aromatic rings. The molecule has 3 rings (SSSR count). The third-order valence-corrected chi connectivity index (χ3v) is 3.74. The Morgan fingerprint density at radius 3 is 2.62 bits per heavy atom. The van der Waals surface area contributed by atoms with E-state index in [4.69, 9.17) is 5.21 Å². The highest BCUT2D eigenvalue weighted by atomic mass is 16.5. The summed E-state index contributed by atoms with van der Waals surface area (Å²) in [5.74, 6) is -0.586. The zero-order valence-corrected chi connectivity index (χ0v) is 11.5. The first-order valence-corrected chi connectivity index (χ1v) is 6.57. The van der Waals surface area contributed by atoms with Crippen LogP contribution in [0.15, 0.2) is 36.5 Å². The van der Waals surface area contributed by atoms with Crippen molar-refractivity contribution >= 4 is 11.8 Å². The lowest BCUT2D eigenvalue weighted by molar-refractivity contribution is 0.0706. The summed E-state index contributed by atoms with van der Waals surface area (Å²) in [6.07, 6.45) is 1.83. The van der Waals surface area contributed by atoms with Gasteiger partial charge in [0.2, 0.25) is 0 Å². The number of fused-ring (bicyclic) bond motifs is 1. The Hall–Kier alpha value is -2.60. The average molecular weight is 285 g/mol. The third kappa shape index (κ3) is 2.30. The van der Waals surface area contributed by atoms with Crippen molar-refractivity contribution in [2.45, 2.75) is 13.1 Å². The van der Waals surface area contributed by atoms with Gasteiger partial charge in [0.05, 0.1) is 0 Å². The zero-order valence-electron chi connectivity index (χ0n) is 11.5. The van der Waals surface area contributed by atoms with Crippen molar-refractivity contribution in [3.63, 3.8) is 0 Å². The van der Waals surface area contributed by atoms with Crippen LogP contribution in [0.25, 0.3) is 0 Å². The number of rotatable bonds is 2. The molecule has 0 fully saturated rings. The summed E-state index contributed by atoms with van der Waals surface area (Å²) >= 11 is 0. The molecular weight excluding hydrogens is 270 g/mol. The molecule has 0 saturated heterocycles. The molecule has 1 aromatic heterocycles. The molecule has 0 spiro atoms. The minimum Gasteiger partial charge on any atom is -0.347 e. The molecule has 0 bridgehead atoms. The van der Waals surface area contributed by atoms with Gasteiger partial charge in [-0.15, -0.1) is 0 Å². The van der Waals surface area contributed by atoms with E-state index < -0.39 is 5.91 Å². The summed E-state index contributed by atoms with van der Waals surface area (Å²) in [5, 5.41) is 8.67. The lowest BCUT2D eigenvalue weighted by atomic mass is 10.1. The maximum absolute atomic E-state index is 12.5. The SMILES string of the molecule is Cn1cccc1C(=O)N1Cc2ccc(C(=O)NO)cc2C1. The van der Waals surface area contributed by atoms with Gasteiger partial charge < -0.3 is 9.47 Å². The molecule has 108 valence electrons. The number of nitrogens with zero attached hydrogens (tertiary/aromatic N) is 2. The fourth-order valence-corrected chi connectivity index (χ4v) is 2.59. The molecule has 2 amide bonds. The van der Waals surface area contributed by atoms with Crippen LogP contribution >= 0.6 is 0 Å². The monoisotopic (exact) mass is 285 g/mol. The van der Waals surface area contributed by atoms with Crippen molar-refractivity contribution in [3.8, 4) is 0 Å². The highest BCUT2D eigenvalue weighted by Crippen LogP contribution is 2.25. The smallest absolute Gasteiger partial charge is 0.274 e. The van der Waals surface area contributed by atoms with Gasteiger partial charge in [-0.25, -0.2) is 5.48 Å². The van der Waals surface area contributed by atoms with Crippen LogP contribution < -0.4 is 5.48 Å². The topological polar surface area (TPSA) is 74.6 Å². The van der Waals surface area contributed by atoms with E-state index in [0.29, 0.717) is 24.3 Å². The fraction of sp³-hybridized carbons (Fsp3) is 0.200. The first-order chi connectivity index (χ1) is 10.1. The second-order valence-electron chi connectivity index (χ2n) is 5.09. The van der Waals surface area contributed by atoms with Gasteiger partial charge in [-0.3, -0.25) is 14.8 Å². The number of amides is 2. The zero-order chi connectivity index (χ0) is 15.0. The Morgan fingerprint density at radius 1 is 1.19 bits per heavy atom. The van der Waals surface area contributed by atoms with Gasteiger partial charge in [0.1, 0.15) is 5.69 Å². The predicted octanol–water partition coefficient (Wildman–Crippen LogP) is 1.30. The van der Waals surface area contributed by atoms with Crippen LogP contribution in [0.1, 0.15) is 32.0 Å². The third-order valence-electron chi connectivity index (χ3n) is 3.74. The minimum absolute atomic E-state index is 0.0353. The number of aromatic nitrogens is 1. The second-order valence-corrected chi connectivity index (χ2v) is 5.09. The molecule has 0 aliphatic carbocycles. The fourth-order valence-electron chi connectivity index (χ4n) is 2.59. The molecule has 2 N–H and O–H groups in total. The number of aryl methyl sites for hydroxylation is 1. The van der Waals surface area contributed by atoms with E-state index in [-0.39, 0.29) is 5.91 Å². The van der Waals surface area contributed by atoms with Crippen LogP contribution in [0.4, 0.5) is 0 Å². The van der Waals surface area contributed by atoms with Gasteiger partial charge in [0, 0.05) is 31.9 Å². The Morgan fingerprint density at radius 2 is 1.95 bits per heavy atom. The number of hydroxylamine groups is 1. The molecule has 6 nitrogen and oxygen atoms in total. The van der Waals surface area contributed by atoms with Gasteiger partial charge in [-0.2, -0.15) is 0 Å². The van der Waals surface area contributed by atoms with Gasteiger partial charge in [0.25, 0.3) is 11.8 Å². The Bertz CT molecular complexity index is 721. The highest BCUT2D eigenvalue weighted by Gasteiger charge is 2.26. The molecular formula is C15H15N3O3. The van der Waals surface area contributed by atoms with Crippen molar-refractivity contribution < 1.29 is 14.8 Å². The number of nitrogens with one attached hydrogen (secondary N) is 1. The maximum Gasteiger partial charge on any atom is 0.274 e. The number of carbonyl (C=O) groups excluding carboxylic acids is 2. The summed E-state index contributed by atoms with van der Waals surface area (Å²) in [7, 11) is 1.83. The number of benzene rings is 1. The van der Waals surface area contributed by atoms with E-state index in [1.807, 2.05) is 25.4 Å². The molecule has 2 heterocycles. The van der Waals surface area contributed by atoms with Crippen molar-refractivity contribution in [3.05, 3.63) is 58.9 Å². The molecule has 21 heavy (non-hydrogen) atoms. The van der Waals surface area contributed by atoms with Crippen molar-refractivity contribution in [2.24, 2.45) is 7.05 Å². The summed E-state index contributed by atoms with van der Waals surface area (Å²) in [6.45, 7) is 0.992. The largest absolute Gasteiger partial charge is 0.347 e. The van der Waals surface area contributed by atoms with Crippen LogP contribution in [0.3, 0.4) is 0 Å². The molecule has 1 aromatic carbocycles. The summed E-state index contributed by atoms with van der Waals surface area (Å²) in [4.78, 5) is 25.6. The van der Waals surface area contributed by atoms with E-state index in [1.54, 1.807) is 33.1 Å². The number of hydrogen-bond donors (Lipinski definition) is 2. The van der Waals surface area contributed by atoms with E-state index in [9.17, 15) is 9.59 Å². The molecule has 1 aliphatic rings. The number of carbonyl (C=O) groups is 2. The molecule has 0 atom stereocenters. The van der Waals surface area contributed by atoms with E-state index in [0.717, 1.165) is 11.1 Å². The highest BCUT2D eigenvalue weighted by molar-refractivity contribution is 5.94. The maximum atomic E-state index is 12.5. The average Bonchev–Trinajstić information content (AvgIpc) is 3.10. The van der Waals surface area contributed by atoms with Gasteiger partial charge in [0.15, 0.2) is 0 Å². The molecule has 0 saturated carbocycles. The molecule has 6 heteroatoms. The Labute approximate surface area is 121 Å². The lowest BCUT2D eigenvalue weighted by Gasteiger charge is -2.15. The van der Waals surface area contributed by atoms with Crippen molar-refractivity contribution in [1.82, 2.24) is 14.9 Å². The predicted molar refractivity (Wildman–Crippen MR) is 74.7 cm³/mol. The van der Waals surface area contributed by atoms with E-state index in [1.165, 1.54) is 0 Å². The lowest BCUT2D eigenvalue weighted by Crippen LogP contribution is -2.27. The molecule has 1 aliphatic heterocycles. The van der Waals surface area contributed by atoms with Crippen LogP contribution in [0.5, 0.6) is 0 Å². The van der Waals surface area contributed by atoms with Crippen LogP contribution in [-0.4, -0.2) is 26.5 Å². The summed E-state index contributed by atoms with van der Waals surface area (Å²) in [6, 6.07) is 8.79. The molecule has 0 radical (unpaired) electrons. The van der Waals surface area contributed by atoms with Crippen LogP contribution in [-0.2, 0) is 20.1 Å². The first kappa shape index (κ1) is 13.4. The number of hydrogen-bond acceptors (Lipinski definition) is 3. The normalized spacial score (nSPS) is 13.1. The molecule has 0 unspecified atom stereocenters. The van der Waals surface area contributed by atoms with Crippen molar-refractivity contribution in [2.75, 3.05) is 0 Å². The minimum atomic E-state index is -0.551. The summed E-state index contributed by atoms with van der Waals surface area (Å²) < 4.78 is 1.79.